The van der Waals surface area contributed by atoms with Gasteiger partial charge < -0.3 is 4.90 Å². The minimum absolute atomic E-state index is 0.00517. The van der Waals surface area contributed by atoms with Crippen LogP contribution in [0.5, 0.6) is 0 Å². The maximum absolute atomic E-state index is 13.4. The second-order valence-corrected chi connectivity index (χ2v) is 13.5. The summed E-state index contributed by atoms with van der Waals surface area (Å²) in [4.78, 5) is 2.99. The van der Waals surface area contributed by atoms with Crippen LogP contribution in [0.2, 0.25) is 0 Å². The van der Waals surface area contributed by atoms with Crippen molar-refractivity contribution in [3.05, 3.63) is 102 Å². The predicted octanol–water partition coefficient (Wildman–Crippen LogP) is 6.74. The highest BCUT2D eigenvalue weighted by Gasteiger charge is 2.41. The van der Waals surface area contributed by atoms with E-state index in [2.05, 4.69) is 35.2 Å². The smallest absolute Gasteiger partial charge is 0.243 e. The molecular formula is C33H41FN2O2S. The Morgan fingerprint density at radius 3 is 2.18 bits per heavy atom. The Labute approximate surface area is 233 Å². The van der Waals surface area contributed by atoms with Crippen molar-refractivity contribution in [2.24, 2.45) is 11.8 Å². The fraction of sp³-hybridized carbons (Fsp3) is 0.455. The molecule has 3 atom stereocenters. The third kappa shape index (κ3) is 6.97. The van der Waals surface area contributed by atoms with Crippen molar-refractivity contribution < 1.29 is 12.8 Å². The Balaban J connectivity index is 1.18. The Bertz CT molecular complexity index is 1280. The molecule has 1 aliphatic heterocycles. The van der Waals surface area contributed by atoms with Crippen LogP contribution in [0.25, 0.3) is 0 Å². The van der Waals surface area contributed by atoms with Gasteiger partial charge in [-0.3, -0.25) is 0 Å². The lowest BCUT2D eigenvalue weighted by atomic mass is 9.87. The number of hydrogen-bond acceptors (Lipinski definition) is 3. The van der Waals surface area contributed by atoms with E-state index in [-0.39, 0.29) is 11.9 Å². The van der Waals surface area contributed by atoms with Gasteiger partial charge in [-0.2, -0.15) is 4.31 Å². The van der Waals surface area contributed by atoms with Crippen LogP contribution in [0.4, 0.5) is 4.39 Å². The molecule has 39 heavy (non-hydrogen) atoms. The highest BCUT2D eigenvalue weighted by atomic mass is 32.2. The number of likely N-dealkylation sites (tertiary alicyclic amines) is 1. The number of benzene rings is 3. The fourth-order valence-corrected chi connectivity index (χ4v) is 8.09. The number of piperidine rings is 1. The first-order valence-corrected chi connectivity index (χ1v) is 15.9. The van der Waals surface area contributed by atoms with E-state index < -0.39 is 10.0 Å². The minimum atomic E-state index is -3.52. The number of sulfonamides is 1. The molecule has 1 saturated carbocycles. The van der Waals surface area contributed by atoms with Crippen molar-refractivity contribution in [2.75, 3.05) is 26.7 Å². The van der Waals surface area contributed by atoms with Crippen LogP contribution < -0.4 is 0 Å². The number of hydrogen-bond donors (Lipinski definition) is 0. The van der Waals surface area contributed by atoms with Gasteiger partial charge in [0.1, 0.15) is 5.82 Å². The third-order valence-corrected chi connectivity index (χ3v) is 10.9. The molecule has 0 spiro atoms. The zero-order chi connectivity index (χ0) is 27.2. The van der Waals surface area contributed by atoms with E-state index in [0.29, 0.717) is 16.7 Å². The molecule has 3 aromatic rings. The lowest BCUT2D eigenvalue weighted by Gasteiger charge is -2.35. The molecule has 0 aromatic heterocycles. The first kappa shape index (κ1) is 28.0. The van der Waals surface area contributed by atoms with E-state index in [4.69, 9.17) is 0 Å². The molecule has 0 N–H and O–H groups in total. The van der Waals surface area contributed by atoms with E-state index >= 15 is 0 Å². The third-order valence-electron chi connectivity index (χ3n) is 9.02. The van der Waals surface area contributed by atoms with Gasteiger partial charge in [0.15, 0.2) is 0 Å². The van der Waals surface area contributed by atoms with Crippen LogP contribution in [0.3, 0.4) is 0 Å². The number of nitrogens with zero attached hydrogens (tertiary/aromatic N) is 2. The number of rotatable bonds is 10. The van der Waals surface area contributed by atoms with Crippen LogP contribution in [-0.2, 0) is 16.4 Å². The molecule has 0 amide bonds. The standard InChI is InChI=1S/C33H41FN2O2S/c1-35(39(37,38)32-13-6-3-7-14-32)31-23-29(33(24-31)28-11-4-2-5-12-28)25-36-21-19-27(20-22-36)10-8-9-26-15-17-30(34)18-16-26/h2-7,11-18,27,29,31,33H,8-10,19-25H2,1H3. The fourth-order valence-electron chi connectivity index (χ4n) is 6.69. The zero-order valence-corrected chi connectivity index (χ0v) is 23.8. The zero-order valence-electron chi connectivity index (χ0n) is 23.0. The molecule has 3 aromatic carbocycles. The second-order valence-electron chi connectivity index (χ2n) is 11.5. The van der Waals surface area contributed by atoms with Gasteiger partial charge in [-0.25, -0.2) is 12.8 Å². The summed E-state index contributed by atoms with van der Waals surface area (Å²) < 4.78 is 41.6. The van der Waals surface area contributed by atoms with Gasteiger partial charge in [0.2, 0.25) is 10.0 Å². The van der Waals surface area contributed by atoms with Crippen molar-refractivity contribution in [3.63, 3.8) is 0 Å². The minimum Gasteiger partial charge on any atom is -0.303 e. The average Bonchev–Trinajstić information content (AvgIpc) is 3.39. The lowest BCUT2D eigenvalue weighted by Crippen LogP contribution is -2.38. The van der Waals surface area contributed by atoms with Gasteiger partial charge in [0, 0.05) is 19.6 Å². The monoisotopic (exact) mass is 548 g/mol. The van der Waals surface area contributed by atoms with Crippen molar-refractivity contribution in [3.8, 4) is 0 Å². The molecule has 0 radical (unpaired) electrons. The second kappa shape index (κ2) is 12.8. The van der Waals surface area contributed by atoms with Gasteiger partial charge in [-0.15, -0.1) is 0 Å². The first-order chi connectivity index (χ1) is 18.9. The highest BCUT2D eigenvalue weighted by molar-refractivity contribution is 7.89. The van der Waals surface area contributed by atoms with E-state index in [1.54, 1.807) is 47.8 Å². The first-order valence-electron chi connectivity index (χ1n) is 14.4. The molecule has 1 heterocycles. The summed E-state index contributed by atoms with van der Waals surface area (Å²) in [6.07, 6.45) is 7.58. The molecule has 0 bridgehead atoms. The molecule has 3 unspecified atom stereocenters. The molecule has 1 saturated heterocycles. The van der Waals surface area contributed by atoms with Gasteiger partial charge in [-0.05, 0) is 105 Å². The maximum Gasteiger partial charge on any atom is 0.243 e. The van der Waals surface area contributed by atoms with E-state index in [9.17, 15) is 12.8 Å². The van der Waals surface area contributed by atoms with Gasteiger partial charge in [0.05, 0.1) is 4.90 Å². The number of aryl methyl sites for hydroxylation is 1. The Morgan fingerprint density at radius 2 is 1.51 bits per heavy atom. The predicted molar refractivity (Wildman–Crippen MR) is 156 cm³/mol. The van der Waals surface area contributed by atoms with Gasteiger partial charge in [-0.1, -0.05) is 67.1 Å². The van der Waals surface area contributed by atoms with E-state index in [0.717, 1.165) is 51.2 Å². The van der Waals surface area contributed by atoms with Crippen molar-refractivity contribution in [1.29, 1.82) is 0 Å². The quantitative estimate of drug-likeness (QED) is 0.282. The van der Waals surface area contributed by atoms with Gasteiger partial charge in [0.25, 0.3) is 0 Å². The maximum atomic E-state index is 13.4. The van der Waals surface area contributed by atoms with Crippen molar-refractivity contribution >= 4 is 10.0 Å². The summed E-state index contributed by atoms with van der Waals surface area (Å²) in [7, 11) is -1.76. The van der Waals surface area contributed by atoms with Crippen LogP contribution >= 0.6 is 0 Å². The molecule has 1 aliphatic carbocycles. The molecule has 6 heteroatoms. The summed E-state index contributed by atoms with van der Waals surface area (Å²) in [5, 5.41) is 0. The normalized spacial score (nSPS) is 22.9. The summed E-state index contributed by atoms with van der Waals surface area (Å²) in [6.45, 7) is 3.25. The Morgan fingerprint density at radius 1 is 0.872 bits per heavy atom. The number of halogens is 1. The summed E-state index contributed by atoms with van der Waals surface area (Å²) in [6, 6.07) is 26.4. The summed E-state index contributed by atoms with van der Waals surface area (Å²) in [5.74, 6) is 1.38. The summed E-state index contributed by atoms with van der Waals surface area (Å²) in [5.41, 5.74) is 2.54. The topological polar surface area (TPSA) is 40.6 Å². The summed E-state index contributed by atoms with van der Waals surface area (Å²) >= 11 is 0. The van der Waals surface area contributed by atoms with Crippen molar-refractivity contribution in [2.45, 2.75) is 61.8 Å². The highest BCUT2D eigenvalue weighted by Crippen LogP contribution is 2.43. The van der Waals surface area contributed by atoms with E-state index in [1.807, 2.05) is 18.2 Å². The van der Waals surface area contributed by atoms with Gasteiger partial charge >= 0.3 is 0 Å². The lowest BCUT2D eigenvalue weighted by molar-refractivity contribution is 0.150. The Hall–Kier alpha value is -2.54. The van der Waals surface area contributed by atoms with E-state index in [1.165, 1.54) is 30.4 Å². The molecule has 5 rings (SSSR count). The molecule has 208 valence electrons. The van der Waals surface area contributed by atoms with Crippen LogP contribution in [0, 0.1) is 17.7 Å². The van der Waals surface area contributed by atoms with Crippen LogP contribution in [0.15, 0.2) is 89.8 Å². The molecule has 4 nitrogen and oxygen atoms in total. The average molecular weight is 549 g/mol. The molecular weight excluding hydrogens is 507 g/mol. The molecule has 2 fully saturated rings. The van der Waals surface area contributed by atoms with Crippen molar-refractivity contribution in [1.82, 2.24) is 9.21 Å². The Kier molecular flexibility index (Phi) is 9.16. The van der Waals surface area contributed by atoms with Crippen LogP contribution in [-0.4, -0.2) is 50.3 Å². The largest absolute Gasteiger partial charge is 0.303 e. The molecule has 2 aliphatic rings. The van der Waals surface area contributed by atoms with Crippen LogP contribution in [0.1, 0.15) is 55.6 Å². The SMILES string of the molecule is CN(C1CC(CN2CCC(CCCc3ccc(F)cc3)CC2)C(c2ccccc2)C1)S(=O)(=O)c1ccccc1.